The number of hydrogen-bond acceptors (Lipinski definition) is 4. The van der Waals surface area contributed by atoms with Crippen molar-refractivity contribution in [1.82, 2.24) is 9.38 Å². The van der Waals surface area contributed by atoms with Crippen molar-refractivity contribution in [3.05, 3.63) is 23.5 Å². The molecule has 86 valence electrons. The summed E-state index contributed by atoms with van der Waals surface area (Å²) >= 11 is 1.61. The summed E-state index contributed by atoms with van der Waals surface area (Å²) in [5.74, 6) is 0. The normalized spacial score (nSPS) is 20.3. The predicted octanol–water partition coefficient (Wildman–Crippen LogP) is 1.48. The number of imidazole rings is 1. The fourth-order valence-electron chi connectivity index (χ4n) is 2.13. The van der Waals surface area contributed by atoms with E-state index in [1.54, 1.807) is 11.3 Å². The minimum Gasteiger partial charge on any atom is -0.389 e. The third-order valence-electron chi connectivity index (χ3n) is 3.08. The Morgan fingerprint density at radius 1 is 1.50 bits per heavy atom. The lowest BCUT2D eigenvalue weighted by Gasteiger charge is -2.31. The number of aromatic nitrogens is 2. The Balaban J connectivity index is 1.80. The Bertz CT molecular complexity index is 456. The van der Waals surface area contributed by atoms with Gasteiger partial charge >= 0.3 is 0 Å². The van der Waals surface area contributed by atoms with Crippen molar-refractivity contribution >= 4 is 16.3 Å². The summed E-state index contributed by atoms with van der Waals surface area (Å²) in [5.41, 5.74) is 0.346. The Labute approximate surface area is 97.5 Å². The molecule has 1 aliphatic heterocycles. The van der Waals surface area contributed by atoms with Gasteiger partial charge in [-0.1, -0.05) is 0 Å². The standard InChI is InChI=1S/C11H14N2O2S/c14-11(1-4-15-5-2-11)7-9-8-13-3-6-16-10(13)12-9/h3,6,8,14H,1-2,4-5,7H2. The van der Waals surface area contributed by atoms with E-state index in [4.69, 9.17) is 4.74 Å². The summed E-state index contributed by atoms with van der Waals surface area (Å²) in [7, 11) is 0. The molecular weight excluding hydrogens is 224 g/mol. The largest absolute Gasteiger partial charge is 0.389 e. The molecule has 5 heteroatoms. The second kappa shape index (κ2) is 3.84. The van der Waals surface area contributed by atoms with Gasteiger partial charge in [-0.2, -0.15) is 0 Å². The molecule has 2 aromatic heterocycles. The quantitative estimate of drug-likeness (QED) is 0.862. The van der Waals surface area contributed by atoms with Gasteiger partial charge in [0.2, 0.25) is 0 Å². The first-order valence-corrected chi connectivity index (χ1v) is 6.34. The van der Waals surface area contributed by atoms with Crippen LogP contribution in [0.4, 0.5) is 0 Å². The lowest BCUT2D eigenvalue weighted by molar-refractivity contribution is -0.0630. The summed E-state index contributed by atoms with van der Waals surface area (Å²) in [5, 5.41) is 12.4. The van der Waals surface area contributed by atoms with Gasteiger partial charge in [-0.3, -0.25) is 4.40 Å². The third kappa shape index (κ3) is 1.86. The number of hydrogen-bond donors (Lipinski definition) is 1. The highest BCUT2D eigenvalue weighted by Crippen LogP contribution is 2.25. The maximum Gasteiger partial charge on any atom is 0.193 e. The first-order valence-electron chi connectivity index (χ1n) is 5.46. The molecule has 2 aromatic rings. The molecular formula is C11H14N2O2S. The van der Waals surface area contributed by atoms with Crippen LogP contribution in [0.25, 0.3) is 4.96 Å². The molecule has 0 spiro atoms. The zero-order valence-electron chi connectivity index (χ0n) is 8.93. The second-order valence-electron chi connectivity index (χ2n) is 4.34. The smallest absolute Gasteiger partial charge is 0.193 e. The number of aliphatic hydroxyl groups is 1. The Hall–Kier alpha value is -0.910. The molecule has 0 aromatic carbocycles. The monoisotopic (exact) mass is 238 g/mol. The molecule has 16 heavy (non-hydrogen) atoms. The molecule has 0 atom stereocenters. The van der Waals surface area contributed by atoms with E-state index in [0.29, 0.717) is 32.5 Å². The van der Waals surface area contributed by atoms with Crippen LogP contribution in [0, 0.1) is 0 Å². The minimum absolute atomic E-state index is 0.623. The molecule has 0 bridgehead atoms. The van der Waals surface area contributed by atoms with Crippen molar-refractivity contribution in [2.45, 2.75) is 24.9 Å². The first kappa shape index (κ1) is 10.3. The van der Waals surface area contributed by atoms with Gasteiger partial charge in [-0.05, 0) is 12.8 Å². The van der Waals surface area contributed by atoms with E-state index in [2.05, 4.69) is 4.98 Å². The zero-order chi connectivity index (χ0) is 11.0. The number of fused-ring (bicyclic) bond motifs is 1. The van der Waals surface area contributed by atoms with Gasteiger partial charge in [0.15, 0.2) is 4.96 Å². The van der Waals surface area contributed by atoms with E-state index < -0.39 is 5.60 Å². The van der Waals surface area contributed by atoms with Crippen LogP contribution in [0.1, 0.15) is 18.5 Å². The van der Waals surface area contributed by atoms with Crippen molar-refractivity contribution in [3.63, 3.8) is 0 Å². The van der Waals surface area contributed by atoms with Gasteiger partial charge in [0, 0.05) is 37.4 Å². The van der Waals surface area contributed by atoms with Gasteiger partial charge in [0.25, 0.3) is 0 Å². The molecule has 0 aliphatic carbocycles. The molecule has 3 heterocycles. The lowest BCUT2D eigenvalue weighted by atomic mass is 9.90. The van der Waals surface area contributed by atoms with Crippen molar-refractivity contribution in [2.75, 3.05) is 13.2 Å². The van der Waals surface area contributed by atoms with Gasteiger partial charge < -0.3 is 9.84 Å². The molecule has 3 rings (SSSR count). The van der Waals surface area contributed by atoms with Crippen molar-refractivity contribution < 1.29 is 9.84 Å². The maximum atomic E-state index is 10.4. The van der Waals surface area contributed by atoms with E-state index in [9.17, 15) is 5.11 Å². The highest BCUT2D eigenvalue weighted by Gasteiger charge is 2.30. The third-order valence-corrected chi connectivity index (χ3v) is 3.85. The van der Waals surface area contributed by atoms with Gasteiger partial charge in [0.05, 0.1) is 11.3 Å². The average Bonchev–Trinajstić information content (AvgIpc) is 2.78. The molecule has 0 unspecified atom stereocenters. The van der Waals surface area contributed by atoms with Crippen molar-refractivity contribution in [2.24, 2.45) is 0 Å². The van der Waals surface area contributed by atoms with Crippen LogP contribution < -0.4 is 0 Å². The van der Waals surface area contributed by atoms with Crippen LogP contribution in [0.3, 0.4) is 0 Å². The molecule has 0 saturated carbocycles. The van der Waals surface area contributed by atoms with Crippen LogP contribution in [-0.2, 0) is 11.2 Å². The fraction of sp³-hybridized carbons (Fsp3) is 0.545. The SMILES string of the molecule is OC1(Cc2cn3ccsc3n2)CCOCC1. The fourth-order valence-corrected chi connectivity index (χ4v) is 2.85. The van der Waals surface area contributed by atoms with Crippen LogP contribution >= 0.6 is 11.3 Å². The van der Waals surface area contributed by atoms with Crippen LogP contribution in [-0.4, -0.2) is 33.3 Å². The molecule has 1 aliphatic rings. The number of ether oxygens (including phenoxy) is 1. The summed E-state index contributed by atoms with van der Waals surface area (Å²) in [6.07, 6.45) is 6.03. The van der Waals surface area contributed by atoms with Crippen LogP contribution in [0.15, 0.2) is 17.8 Å². The van der Waals surface area contributed by atoms with E-state index in [0.717, 1.165) is 10.7 Å². The van der Waals surface area contributed by atoms with Crippen molar-refractivity contribution in [3.8, 4) is 0 Å². The highest BCUT2D eigenvalue weighted by atomic mass is 32.1. The summed E-state index contributed by atoms with van der Waals surface area (Å²) < 4.78 is 7.27. The van der Waals surface area contributed by atoms with Crippen molar-refractivity contribution in [1.29, 1.82) is 0 Å². The number of nitrogens with zero attached hydrogens (tertiary/aromatic N) is 2. The molecule has 1 N–H and O–H groups in total. The summed E-state index contributed by atoms with van der Waals surface area (Å²) in [4.78, 5) is 5.48. The minimum atomic E-state index is -0.623. The summed E-state index contributed by atoms with van der Waals surface area (Å²) in [6, 6.07) is 0. The van der Waals surface area contributed by atoms with E-state index in [1.165, 1.54) is 0 Å². The Morgan fingerprint density at radius 3 is 3.06 bits per heavy atom. The Kier molecular flexibility index (Phi) is 2.46. The highest BCUT2D eigenvalue weighted by molar-refractivity contribution is 7.15. The second-order valence-corrected chi connectivity index (χ2v) is 5.21. The van der Waals surface area contributed by atoms with Gasteiger partial charge in [-0.15, -0.1) is 11.3 Å². The predicted molar refractivity (Wildman–Crippen MR) is 61.8 cm³/mol. The molecule has 1 saturated heterocycles. The van der Waals surface area contributed by atoms with Crippen LogP contribution in [0.5, 0.6) is 0 Å². The van der Waals surface area contributed by atoms with E-state index in [-0.39, 0.29) is 0 Å². The molecule has 4 nitrogen and oxygen atoms in total. The first-order chi connectivity index (χ1) is 7.75. The lowest BCUT2D eigenvalue weighted by Crippen LogP contribution is -2.38. The maximum absolute atomic E-state index is 10.4. The average molecular weight is 238 g/mol. The van der Waals surface area contributed by atoms with Gasteiger partial charge in [0.1, 0.15) is 0 Å². The number of thiazole rings is 1. The molecule has 0 radical (unpaired) electrons. The van der Waals surface area contributed by atoms with Crippen LogP contribution in [0.2, 0.25) is 0 Å². The van der Waals surface area contributed by atoms with Gasteiger partial charge in [-0.25, -0.2) is 4.98 Å². The van der Waals surface area contributed by atoms with E-state index >= 15 is 0 Å². The number of rotatable bonds is 2. The molecule has 0 amide bonds. The Morgan fingerprint density at radius 2 is 2.31 bits per heavy atom. The van der Waals surface area contributed by atoms with E-state index in [1.807, 2.05) is 22.2 Å². The summed E-state index contributed by atoms with van der Waals surface area (Å²) in [6.45, 7) is 1.30. The molecule has 1 fully saturated rings. The zero-order valence-corrected chi connectivity index (χ0v) is 9.74. The topological polar surface area (TPSA) is 46.8 Å².